The van der Waals surface area contributed by atoms with Crippen LogP contribution in [0, 0.1) is 0 Å². The Hall–Kier alpha value is 0.310. The van der Waals surface area contributed by atoms with Crippen LogP contribution in [0.1, 0.15) is 26.2 Å². The minimum atomic E-state index is 0.896. The molecule has 0 bridgehead atoms. The van der Waals surface area contributed by atoms with Gasteiger partial charge in [-0.3, -0.25) is 0 Å². The molecule has 0 aliphatic carbocycles. The molecule has 60 valence electrons. The highest BCUT2D eigenvalue weighted by atomic mass is 32.2. The highest BCUT2D eigenvalue weighted by Crippen LogP contribution is 2.17. The Kier molecular flexibility index (Phi) is 4.23. The lowest BCUT2D eigenvalue weighted by Crippen LogP contribution is -2.22. The van der Waals surface area contributed by atoms with Gasteiger partial charge in [-0.2, -0.15) is 11.8 Å². The average Bonchev–Trinajstić information content (AvgIpc) is 2.17. The van der Waals surface area contributed by atoms with Crippen LogP contribution in [-0.2, 0) is 0 Å². The van der Waals surface area contributed by atoms with Crippen molar-refractivity contribution in [3.05, 3.63) is 0 Å². The zero-order valence-corrected chi connectivity index (χ0v) is 7.54. The monoisotopic (exact) mass is 159 g/mol. The van der Waals surface area contributed by atoms with Crippen LogP contribution in [0.25, 0.3) is 0 Å². The second kappa shape index (κ2) is 5.03. The number of nitrogens with one attached hydrogen (secondary N) is 1. The summed E-state index contributed by atoms with van der Waals surface area (Å²) in [5, 5.41) is 4.36. The SMILES string of the molecule is CCS[C@@H]1CCCCNC1. The molecule has 0 aromatic carbocycles. The van der Waals surface area contributed by atoms with Crippen molar-refractivity contribution in [1.82, 2.24) is 5.32 Å². The van der Waals surface area contributed by atoms with E-state index in [-0.39, 0.29) is 0 Å². The molecule has 1 atom stereocenters. The average molecular weight is 159 g/mol. The maximum atomic E-state index is 3.46. The predicted molar refractivity (Wildman–Crippen MR) is 48.6 cm³/mol. The summed E-state index contributed by atoms with van der Waals surface area (Å²) in [5.41, 5.74) is 0. The van der Waals surface area contributed by atoms with Gasteiger partial charge in [-0.15, -0.1) is 0 Å². The van der Waals surface area contributed by atoms with Crippen LogP contribution in [0.15, 0.2) is 0 Å². The first-order valence-corrected chi connectivity index (χ1v) is 5.30. The van der Waals surface area contributed by atoms with Gasteiger partial charge in [0, 0.05) is 11.8 Å². The van der Waals surface area contributed by atoms with Gasteiger partial charge in [0.25, 0.3) is 0 Å². The van der Waals surface area contributed by atoms with Gasteiger partial charge in [-0.05, 0) is 25.1 Å². The first kappa shape index (κ1) is 8.41. The Balaban J connectivity index is 2.15. The summed E-state index contributed by atoms with van der Waals surface area (Å²) in [4.78, 5) is 0. The van der Waals surface area contributed by atoms with Crippen molar-refractivity contribution in [2.45, 2.75) is 31.4 Å². The summed E-state index contributed by atoms with van der Waals surface area (Å²) < 4.78 is 0. The molecule has 0 amide bonds. The Bertz CT molecular complexity index is 77.3. The van der Waals surface area contributed by atoms with Crippen molar-refractivity contribution in [3.8, 4) is 0 Å². The van der Waals surface area contributed by atoms with Crippen molar-refractivity contribution in [2.75, 3.05) is 18.8 Å². The third-order valence-electron chi connectivity index (χ3n) is 1.90. The molecule has 0 unspecified atom stereocenters. The molecule has 0 radical (unpaired) electrons. The van der Waals surface area contributed by atoms with Gasteiger partial charge in [0.2, 0.25) is 0 Å². The van der Waals surface area contributed by atoms with Crippen LogP contribution in [-0.4, -0.2) is 24.1 Å². The third-order valence-corrected chi connectivity index (χ3v) is 3.11. The molecule has 1 fully saturated rings. The molecule has 0 aromatic rings. The number of rotatable bonds is 2. The van der Waals surface area contributed by atoms with Crippen molar-refractivity contribution >= 4 is 11.8 Å². The molecular formula is C8H17NS. The van der Waals surface area contributed by atoms with Crippen LogP contribution in [0.3, 0.4) is 0 Å². The molecular weight excluding hydrogens is 142 g/mol. The largest absolute Gasteiger partial charge is 0.316 e. The molecule has 2 heteroatoms. The molecule has 0 aromatic heterocycles. The van der Waals surface area contributed by atoms with E-state index >= 15 is 0 Å². The lowest BCUT2D eigenvalue weighted by atomic mass is 10.2. The Labute approximate surface area is 68.0 Å². The van der Waals surface area contributed by atoms with Gasteiger partial charge in [0.1, 0.15) is 0 Å². The third kappa shape index (κ3) is 2.93. The first-order chi connectivity index (χ1) is 4.93. The fourth-order valence-corrected chi connectivity index (χ4v) is 2.41. The highest BCUT2D eigenvalue weighted by Gasteiger charge is 2.09. The zero-order chi connectivity index (χ0) is 7.23. The van der Waals surface area contributed by atoms with E-state index < -0.39 is 0 Å². The summed E-state index contributed by atoms with van der Waals surface area (Å²) in [6, 6.07) is 0. The van der Waals surface area contributed by atoms with Crippen molar-refractivity contribution in [3.63, 3.8) is 0 Å². The minimum Gasteiger partial charge on any atom is -0.316 e. The van der Waals surface area contributed by atoms with E-state index in [4.69, 9.17) is 0 Å². The lowest BCUT2D eigenvalue weighted by molar-refractivity contribution is 0.706. The summed E-state index contributed by atoms with van der Waals surface area (Å²) in [6.07, 6.45) is 4.22. The van der Waals surface area contributed by atoms with Crippen LogP contribution in [0.2, 0.25) is 0 Å². The molecule has 1 N–H and O–H groups in total. The van der Waals surface area contributed by atoms with Crippen LogP contribution < -0.4 is 5.32 Å². The molecule has 1 saturated heterocycles. The van der Waals surface area contributed by atoms with E-state index in [1.165, 1.54) is 38.1 Å². The summed E-state index contributed by atoms with van der Waals surface area (Å²) >= 11 is 2.10. The standard InChI is InChI=1S/C8H17NS/c1-2-10-8-5-3-4-6-9-7-8/h8-9H,2-7H2,1H3/t8-/m1/s1. The molecule has 1 rings (SSSR count). The van der Waals surface area contributed by atoms with Crippen LogP contribution >= 0.6 is 11.8 Å². The van der Waals surface area contributed by atoms with Gasteiger partial charge < -0.3 is 5.32 Å². The van der Waals surface area contributed by atoms with Gasteiger partial charge in [-0.25, -0.2) is 0 Å². The molecule has 0 spiro atoms. The van der Waals surface area contributed by atoms with E-state index in [2.05, 4.69) is 24.0 Å². The van der Waals surface area contributed by atoms with Crippen molar-refractivity contribution < 1.29 is 0 Å². The Morgan fingerprint density at radius 2 is 2.40 bits per heavy atom. The summed E-state index contributed by atoms with van der Waals surface area (Å²) in [7, 11) is 0. The van der Waals surface area contributed by atoms with Gasteiger partial charge in [0.05, 0.1) is 0 Å². The maximum absolute atomic E-state index is 3.46. The van der Waals surface area contributed by atoms with Crippen LogP contribution in [0.5, 0.6) is 0 Å². The molecule has 1 nitrogen and oxygen atoms in total. The predicted octanol–water partition coefficient (Wildman–Crippen LogP) is 1.88. The molecule has 1 aliphatic heterocycles. The maximum Gasteiger partial charge on any atom is 0.0172 e. The fraction of sp³-hybridized carbons (Fsp3) is 1.00. The minimum absolute atomic E-state index is 0.896. The highest BCUT2D eigenvalue weighted by molar-refractivity contribution is 7.99. The lowest BCUT2D eigenvalue weighted by Gasteiger charge is -2.11. The van der Waals surface area contributed by atoms with Crippen LogP contribution in [0.4, 0.5) is 0 Å². The second-order valence-electron chi connectivity index (χ2n) is 2.78. The van der Waals surface area contributed by atoms with E-state index in [1.807, 2.05) is 0 Å². The van der Waals surface area contributed by atoms with E-state index in [9.17, 15) is 0 Å². The first-order valence-electron chi connectivity index (χ1n) is 4.26. The van der Waals surface area contributed by atoms with Gasteiger partial charge in [0.15, 0.2) is 0 Å². The number of hydrogen-bond acceptors (Lipinski definition) is 2. The van der Waals surface area contributed by atoms with Gasteiger partial charge >= 0.3 is 0 Å². The van der Waals surface area contributed by atoms with E-state index in [0.717, 1.165) is 5.25 Å². The number of hydrogen-bond donors (Lipinski definition) is 1. The topological polar surface area (TPSA) is 12.0 Å². The Morgan fingerprint density at radius 3 is 3.20 bits per heavy atom. The quantitative estimate of drug-likeness (QED) is 0.660. The summed E-state index contributed by atoms with van der Waals surface area (Å²) in [6.45, 7) is 4.72. The van der Waals surface area contributed by atoms with Gasteiger partial charge in [-0.1, -0.05) is 13.3 Å². The van der Waals surface area contributed by atoms with Crippen molar-refractivity contribution in [2.24, 2.45) is 0 Å². The normalized spacial score (nSPS) is 27.9. The van der Waals surface area contributed by atoms with E-state index in [1.54, 1.807) is 0 Å². The molecule has 1 aliphatic rings. The smallest absolute Gasteiger partial charge is 0.0172 e. The van der Waals surface area contributed by atoms with Crippen molar-refractivity contribution in [1.29, 1.82) is 0 Å². The Morgan fingerprint density at radius 1 is 1.50 bits per heavy atom. The zero-order valence-electron chi connectivity index (χ0n) is 6.73. The number of thioether (sulfide) groups is 1. The fourth-order valence-electron chi connectivity index (χ4n) is 1.37. The second-order valence-corrected chi connectivity index (χ2v) is 4.35. The molecule has 10 heavy (non-hydrogen) atoms. The molecule has 0 saturated carbocycles. The summed E-state index contributed by atoms with van der Waals surface area (Å²) in [5.74, 6) is 1.27. The molecule has 1 heterocycles. The van der Waals surface area contributed by atoms with E-state index in [0.29, 0.717) is 0 Å².